The maximum Gasteiger partial charge on any atom is 0.326 e. The molecule has 1 aromatic rings. The molecular formula is C14H17N3O2. The Bertz CT molecular complexity index is 490. The highest BCUT2D eigenvalue weighted by Gasteiger charge is 2.29. The summed E-state index contributed by atoms with van der Waals surface area (Å²) in [6.07, 6.45) is 5.22. The molecule has 0 radical (unpaired) electrons. The maximum atomic E-state index is 11.4. The van der Waals surface area contributed by atoms with Crippen molar-refractivity contribution in [2.45, 2.75) is 38.1 Å². The Morgan fingerprint density at radius 2 is 2.16 bits per heavy atom. The molecular weight excluding hydrogens is 242 g/mol. The standard InChI is InChI=1S/C14H17N3O2/c15-9-11-7-4-8-12(16-11)17-13(14(18)19)10-5-2-1-3-6-10/h4,7-8,10,13H,1-3,5-6H2,(H,16,17)(H,18,19). The Morgan fingerprint density at radius 1 is 1.42 bits per heavy atom. The van der Waals surface area contributed by atoms with E-state index in [4.69, 9.17) is 5.26 Å². The number of rotatable bonds is 4. The fraction of sp³-hybridized carbons (Fsp3) is 0.500. The fourth-order valence-corrected chi connectivity index (χ4v) is 2.59. The van der Waals surface area contributed by atoms with Crippen LogP contribution in [0.3, 0.4) is 0 Å². The number of nitrogens with zero attached hydrogens (tertiary/aromatic N) is 2. The van der Waals surface area contributed by atoms with Crippen LogP contribution in [0.2, 0.25) is 0 Å². The van der Waals surface area contributed by atoms with Gasteiger partial charge in [0.25, 0.3) is 0 Å². The van der Waals surface area contributed by atoms with Gasteiger partial charge in [-0.05, 0) is 30.9 Å². The SMILES string of the molecule is N#Cc1cccc(NC(C(=O)O)C2CCCCC2)n1. The number of anilines is 1. The summed E-state index contributed by atoms with van der Waals surface area (Å²) in [6, 6.07) is 6.32. The van der Waals surface area contributed by atoms with E-state index in [0.717, 1.165) is 25.7 Å². The lowest BCUT2D eigenvalue weighted by Gasteiger charge is -2.28. The highest BCUT2D eigenvalue weighted by molar-refractivity contribution is 5.77. The number of hydrogen-bond acceptors (Lipinski definition) is 4. The lowest BCUT2D eigenvalue weighted by Crippen LogP contribution is -2.38. The third-order valence-electron chi connectivity index (χ3n) is 3.55. The van der Waals surface area contributed by atoms with E-state index in [9.17, 15) is 9.90 Å². The van der Waals surface area contributed by atoms with Gasteiger partial charge in [-0.1, -0.05) is 25.3 Å². The second kappa shape index (κ2) is 6.19. The van der Waals surface area contributed by atoms with Crippen molar-refractivity contribution in [2.24, 2.45) is 5.92 Å². The topological polar surface area (TPSA) is 86.0 Å². The van der Waals surface area contributed by atoms with Gasteiger partial charge in [0.15, 0.2) is 0 Å². The second-order valence-corrected chi connectivity index (χ2v) is 4.88. The number of carboxylic acids is 1. The van der Waals surface area contributed by atoms with E-state index in [0.29, 0.717) is 5.82 Å². The van der Waals surface area contributed by atoms with Gasteiger partial charge in [-0.25, -0.2) is 9.78 Å². The third-order valence-corrected chi connectivity index (χ3v) is 3.55. The van der Waals surface area contributed by atoms with E-state index < -0.39 is 12.0 Å². The van der Waals surface area contributed by atoms with Gasteiger partial charge in [-0.3, -0.25) is 0 Å². The van der Waals surface area contributed by atoms with E-state index in [1.54, 1.807) is 18.2 Å². The van der Waals surface area contributed by atoms with E-state index in [1.165, 1.54) is 6.42 Å². The van der Waals surface area contributed by atoms with Crippen molar-refractivity contribution in [1.29, 1.82) is 5.26 Å². The fourth-order valence-electron chi connectivity index (χ4n) is 2.59. The minimum absolute atomic E-state index is 0.138. The van der Waals surface area contributed by atoms with Crippen LogP contribution in [0.25, 0.3) is 0 Å². The number of pyridine rings is 1. The van der Waals surface area contributed by atoms with E-state index in [1.807, 2.05) is 6.07 Å². The Labute approximate surface area is 112 Å². The molecule has 100 valence electrons. The van der Waals surface area contributed by atoms with Gasteiger partial charge in [0, 0.05) is 0 Å². The quantitative estimate of drug-likeness (QED) is 0.867. The van der Waals surface area contributed by atoms with Crippen LogP contribution >= 0.6 is 0 Å². The van der Waals surface area contributed by atoms with Crippen molar-refractivity contribution in [3.05, 3.63) is 23.9 Å². The molecule has 5 nitrogen and oxygen atoms in total. The molecule has 1 aromatic heterocycles. The highest BCUT2D eigenvalue weighted by atomic mass is 16.4. The molecule has 1 aliphatic carbocycles. The number of hydrogen-bond donors (Lipinski definition) is 2. The molecule has 2 rings (SSSR count). The van der Waals surface area contributed by atoms with Gasteiger partial charge in [-0.15, -0.1) is 0 Å². The smallest absolute Gasteiger partial charge is 0.326 e. The molecule has 1 aliphatic rings. The van der Waals surface area contributed by atoms with Crippen LogP contribution in [-0.2, 0) is 4.79 Å². The van der Waals surface area contributed by atoms with E-state index in [-0.39, 0.29) is 11.6 Å². The molecule has 5 heteroatoms. The Kier molecular flexibility index (Phi) is 4.35. The summed E-state index contributed by atoms with van der Waals surface area (Å²) in [4.78, 5) is 15.5. The molecule has 0 spiro atoms. The molecule has 19 heavy (non-hydrogen) atoms. The molecule has 1 heterocycles. The zero-order chi connectivity index (χ0) is 13.7. The summed E-state index contributed by atoms with van der Waals surface area (Å²) in [6.45, 7) is 0. The first-order valence-corrected chi connectivity index (χ1v) is 6.57. The average molecular weight is 259 g/mol. The third kappa shape index (κ3) is 3.44. The normalized spacial score (nSPS) is 17.4. The van der Waals surface area contributed by atoms with Crippen molar-refractivity contribution in [3.63, 3.8) is 0 Å². The molecule has 0 bridgehead atoms. The van der Waals surface area contributed by atoms with Crippen molar-refractivity contribution >= 4 is 11.8 Å². The summed E-state index contributed by atoms with van der Waals surface area (Å²) >= 11 is 0. The van der Waals surface area contributed by atoms with E-state index >= 15 is 0 Å². The van der Waals surface area contributed by atoms with Gasteiger partial charge in [0.1, 0.15) is 23.6 Å². The molecule has 0 aliphatic heterocycles. The zero-order valence-electron chi connectivity index (χ0n) is 10.7. The summed E-state index contributed by atoms with van der Waals surface area (Å²) in [5.74, 6) is -0.258. The molecule has 0 aromatic carbocycles. The van der Waals surface area contributed by atoms with Crippen LogP contribution in [0, 0.1) is 17.2 Å². The van der Waals surface area contributed by atoms with Crippen molar-refractivity contribution in [3.8, 4) is 6.07 Å². The Balaban J connectivity index is 2.11. The summed E-state index contributed by atoms with van der Waals surface area (Å²) in [7, 11) is 0. The summed E-state index contributed by atoms with van der Waals surface area (Å²) in [5.41, 5.74) is 0.290. The molecule has 1 fully saturated rings. The molecule has 0 amide bonds. The summed E-state index contributed by atoms with van der Waals surface area (Å²) < 4.78 is 0. The van der Waals surface area contributed by atoms with Gasteiger partial charge in [-0.2, -0.15) is 5.26 Å². The van der Waals surface area contributed by atoms with Crippen LogP contribution in [0.1, 0.15) is 37.8 Å². The number of carboxylic acid groups (broad SMARTS) is 1. The van der Waals surface area contributed by atoms with Gasteiger partial charge in [0.05, 0.1) is 0 Å². The highest BCUT2D eigenvalue weighted by Crippen LogP contribution is 2.28. The Morgan fingerprint density at radius 3 is 2.79 bits per heavy atom. The predicted molar refractivity (Wildman–Crippen MR) is 70.6 cm³/mol. The van der Waals surface area contributed by atoms with Crippen LogP contribution in [-0.4, -0.2) is 22.1 Å². The first kappa shape index (κ1) is 13.3. The lowest BCUT2D eigenvalue weighted by atomic mass is 9.84. The molecule has 0 saturated heterocycles. The molecule has 2 N–H and O–H groups in total. The largest absolute Gasteiger partial charge is 0.480 e. The number of nitriles is 1. The molecule has 1 unspecified atom stereocenters. The van der Waals surface area contributed by atoms with Gasteiger partial charge < -0.3 is 10.4 Å². The maximum absolute atomic E-state index is 11.4. The number of carbonyl (C=O) groups is 1. The predicted octanol–water partition coefficient (Wildman–Crippen LogP) is 2.40. The average Bonchev–Trinajstić information content (AvgIpc) is 2.45. The van der Waals surface area contributed by atoms with Crippen molar-refractivity contribution in [1.82, 2.24) is 4.98 Å². The molecule has 1 atom stereocenters. The summed E-state index contributed by atoms with van der Waals surface area (Å²) in [5, 5.41) is 21.1. The van der Waals surface area contributed by atoms with Crippen molar-refractivity contribution in [2.75, 3.05) is 5.32 Å². The number of nitrogens with one attached hydrogen (secondary N) is 1. The number of aliphatic carboxylic acids is 1. The van der Waals surface area contributed by atoms with Crippen LogP contribution < -0.4 is 5.32 Å². The zero-order valence-corrected chi connectivity index (χ0v) is 10.7. The van der Waals surface area contributed by atoms with Crippen molar-refractivity contribution < 1.29 is 9.90 Å². The van der Waals surface area contributed by atoms with Gasteiger partial charge in [0.2, 0.25) is 0 Å². The lowest BCUT2D eigenvalue weighted by molar-refractivity contribution is -0.139. The van der Waals surface area contributed by atoms with Crippen LogP contribution in [0.5, 0.6) is 0 Å². The first-order valence-electron chi connectivity index (χ1n) is 6.57. The van der Waals surface area contributed by atoms with Crippen LogP contribution in [0.4, 0.5) is 5.82 Å². The monoisotopic (exact) mass is 259 g/mol. The van der Waals surface area contributed by atoms with Crippen LogP contribution in [0.15, 0.2) is 18.2 Å². The van der Waals surface area contributed by atoms with E-state index in [2.05, 4.69) is 10.3 Å². The first-order chi connectivity index (χ1) is 9.20. The molecule has 1 saturated carbocycles. The number of aromatic nitrogens is 1. The minimum atomic E-state index is -0.851. The van der Waals surface area contributed by atoms with Gasteiger partial charge >= 0.3 is 5.97 Å². The second-order valence-electron chi connectivity index (χ2n) is 4.88. The minimum Gasteiger partial charge on any atom is -0.480 e. The Hall–Kier alpha value is -2.09.